The van der Waals surface area contributed by atoms with Gasteiger partial charge in [0.05, 0.1) is 12.6 Å². The van der Waals surface area contributed by atoms with E-state index in [0.717, 1.165) is 23.9 Å². The zero-order valence-corrected chi connectivity index (χ0v) is 14.9. The SMILES string of the molecule is O=C(NCC(=O)N1CCC[C@@H]1c1cccs1)c1cccc(Br)c1. The van der Waals surface area contributed by atoms with Gasteiger partial charge in [0.1, 0.15) is 0 Å². The summed E-state index contributed by atoms with van der Waals surface area (Å²) in [6.45, 7) is 0.793. The molecule has 0 radical (unpaired) electrons. The fraction of sp³-hybridized carbons (Fsp3) is 0.294. The van der Waals surface area contributed by atoms with Crippen molar-refractivity contribution >= 4 is 39.1 Å². The first-order valence-electron chi connectivity index (χ1n) is 7.52. The average molecular weight is 393 g/mol. The summed E-state index contributed by atoms with van der Waals surface area (Å²) in [4.78, 5) is 27.7. The molecule has 1 N–H and O–H groups in total. The van der Waals surface area contributed by atoms with E-state index in [-0.39, 0.29) is 24.4 Å². The van der Waals surface area contributed by atoms with Crippen LogP contribution in [0.15, 0.2) is 46.3 Å². The van der Waals surface area contributed by atoms with Crippen LogP contribution in [0.5, 0.6) is 0 Å². The second-order valence-corrected chi connectivity index (χ2v) is 7.35. The molecule has 2 amide bonds. The van der Waals surface area contributed by atoms with Crippen LogP contribution >= 0.6 is 27.3 Å². The molecule has 1 aromatic carbocycles. The highest BCUT2D eigenvalue weighted by Crippen LogP contribution is 2.34. The second-order valence-electron chi connectivity index (χ2n) is 5.45. The third-order valence-electron chi connectivity index (χ3n) is 3.93. The molecule has 2 aromatic rings. The first kappa shape index (κ1) is 16.2. The molecule has 4 nitrogen and oxygen atoms in total. The van der Waals surface area contributed by atoms with Crippen molar-refractivity contribution in [2.45, 2.75) is 18.9 Å². The summed E-state index contributed by atoms with van der Waals surface area (Å²) in [5, 5.41) is 4.75. The molecule has 1 atom stereocenters. The minimum Gasteiger partial charge on any atom is -0.343 e. The number of carbonyl (C=O) groups excluding carboxylic acids is 2. The topological polar surface area (TPSA) is 49.4 Å². The Bertz CT molecular complexity index is 702. The number of thiophene rings is 1. The number of amides is 2. The van der Waals surface area contributed by atoms with Gasteiger partial charge in [-0.2, -0.15) is 0 Å². The molecule has 1 aliphatic heterocycles. The zero-order chi connectivity index (χ0) is 16.2. The Hall–Kier alpha value is -1.66. The lowest BCUT2D eigenvalue weighted by Crippen LogP contribution is -2.39. The minimum atomic E-state index is -0.230. The van der Waals surface area contributed by atoms with E-state index in [9.17, 15) is 9.59 Å². The molecule has 120 valence electrons. The highest BCUT2D eigenvalue weighted by molar-refractivity contribution is 9.10. The van der Waals surface area contributed by atoms with Crippen LogP contribution in [0.2, 0.25) is 0 Å². The fourth-order valence-corrected chi connectivity index (χ4v) is 4.10. The van der Waals surface area contributed by atoms with E-state index in [2.05, 4.69) is 27.3 Å². The highest BCUT2D eigenvalue weighted by atomic mass is 79.9. The van der Waals surface area contributed by atoms with Crippen LogP contribution in [0.25, 0.3) is 0 Å². The maximum Gasteiger partial charge on any atom is 0.251 e. The number of carbonyl (C=O) groups is 2. The van der Waals surface area contributed by atoms with E-state index in [4.69, 9.17) is 0 Å². The summed E-state index contributed by atoms with van der Waals surface area (Å²) in [7, 11) is 0. The summed E-state index contributed by atoms with van der Waals surface area (Å²) >= 11 is 5.02. The van der Waals surface area contributed by atoms with Crippen LogP contribution in [-0.4, -0.2) is 29.8 Å². The van der Waals surface area contributed by atoms with E-state index in [1.165, 1.54) is 4.88 Å². The summed E-state index contributed by atoms with van der Waals surface area (Å²) in [6.07, 6.45) is 2.00. The monoisotopic (exact) mass is 392 g/mol. The summed E-state index contributed by atoms with van der Waals surface area (Å²) in [5.74, 6) is -0.254. The van der Waals surface area contributed by atoms with Crippen LogP contribution in [0.1, 0.15) is 34.1 Å². The van der Waals surface area contributed by atoms with Crippen molar-refractivity contribution in [3.63, 3.8) is 0 Å². The van der Waals surface area contributed by atoms with Crippen molar-refractivity contribution in [2.75, 3.05) is 13.1 Å². The molecule has 1 fully saturated rings. The van der Waals surface area contributed by atoms with E-state index in [0.29, 0.717) is 5.56 Å². The lowest BCUT2D eigenvalue weighted by atomic mass is 10.2. The van der Waals surface area contributed by atoms with Gasteiger partial charge in [0.2, 0.25) is 5.91 Å². The molecule has 0 spiro atoms. The van der Waals surface area contributed by atoms with Gasteiger partial charge < -0.3 is 10.2 Å². The smallest absolute Gasteiger partial charge is 0.251 e. The second kappa shape index (κ2) is 7.27. The molecule has 23 heavy (non-hydrogen) atoms. The van der Waals surface area contributed by atoms with Gasteiger partial charge in [-0.05, 0) is 42.5 Å². The van der Waals surface area contributed by atoms with Crippen molar-refractivity contribution in [1.29, 1.82) is 0 Å². The van der Waals surface area contributed by atoms with E-state index >= 15 is 0 Å². The Kier molecular flexibility index (Phi) is 5.13. The maximum atomic E-state index is 12.5. The quantitative estimate of drug-likeness (QED) is 0.863. The number of nitrogens with zero attached hydrogens (tertiary/aromatic N) is 1. The van der Waals surface area contributed by atoms with Crippen molar-refractivity contribution in [3.8, 4) is 0 Å². The number of rotatable bonds is 4. The highest BCUT2D eigenvalue weighted by Gasteiger charge is 2.30. The molecule has 0 unspecified atom stereocenters. The summed E-state index contributed by atoms with van der Waals surface area (Å²) in [5.41, 5.74) is 0.545. The van der Waals surface area contributed by atoms with Crippen LogP contribution in [0.3, 0.4) is 0 Å². The third-order valence-corrected chi connectivity index (χ3v) is 5.40. The number of benzene rings is 1. The molecule has 0 saturated carbocycles. The van der Waals surface area contributed by atoms with Crippen molar-refractivity contribution < 1.29 is 9.59 Å². The fourth-order valence-electron chi connectivity index (χ4n) is 2.83. The molecule has 3 rings (SSSR count). The summed E-state index contributed by atoms with van der Waals surface area (Å²) in [6, 6.07) is 11.4. The Morgan fingerprint density at radius 3 is 2.91 bits per heavy atom. The molecule has 0 bridgehead atoms. The first-order chi connectivity index (χ1) is 11.1. The predicted octanol–water partition coefficient (Wildman–Crippen LogP) is 3.60. The van der Waals surface area contributed by atoms with Gasteiger partial charge in [-0.15, -0.1) is 11.3 Å². The average Bonchev–Trinajstić information content (AvgIpc) is 3.22. The minimum absolute atomic E-state index is 0.0238. The lowest BCUT2D eigenvalue weighted by Gasteiger charge is -2.24. The molecule has 0 aliphatic carbocycles. The van der Waals surface area contributed by atoms with Crippen LogP contribution in [0, 0.1) is 0 Å². The molecular formula is C17H17BrN2O2S. The number of nitrogens with one attached hydrogen (secondary N) is 1. The molecular weight excluding hydrogens is 376 g/mol. The van der Waals surface area contributed by atoms with Crippen molar-refractivity contribution in [3.05, 3.63) is 56.7 Å². The van der Waals surface area contributed by atoms with Crippen molar-refractivity contribution in [1.82, 2.24) is 10.2 Å². The number of hydrogen-bond donors (Lipinski definition) is 1. The molecule has 1 saturated heterocycles. The molecule has 1 aliphatic rings. The van der Waals surface area contributed by atoms with Gasteiger partial charge in [0.25, 0.3) is 5.91 Å². The molecule has 1 aromatic heterocycles. The lowest BCUT2D eigenvalue weighted by molar-refractivity contribution is -0.131. The Morgan fingerprint density at radius 2 is 2.17 bits per heavy atom. The predicted molar refractivity (Wildman–Crippen MR) is 94.5 cm³/mol. The van der Waals surface area contributed by atoms with Crippen LogP contribution in [-0.2, 0) is 4.79 Å². The zero-order valence-electron chi connectivity index (χ0n) is 12.5. The van der Waals surface area contributed by atoms with Gasteiger partial charge in [-0.3, -0.25) is 9.59 Å². The van der Waals surface area contributed by atoms with Crippen LogP contribution < -0.4 is 5.32 Å². The third kappa shape index (κ3) is 3.82. The molecule has 2 heterocycles. The van der Waals surface area contributed by atoms with Crippen molar-refractivity contribution in [2.24, 2.45) is 0 Å². The molecule has 6 heteroatoms. The van der Waals surface area contributed by atoms with Crippen LogP contribution in [0.4, 0.5) is 0 Å². The Balaban J connectivity index is 1.60. The van der Waals surface area contributed by atoms with Gasteiger partial charge in [-0.25, -0.2) is 0 Å². The largest absolute Gasteiger partial charge is 0.343 e. The van der Waals surface area contributed by atoms with Gasteiger partial charge in [-0.1, -0.05) is 28.1 Å². The number of hydrogen-bond acceptors (Lipinski definition) is 3. The van der Waals surface area contributed by atoms with E-state index < -0.39 is 0 Å². The number of likely N-dealkylation sites (tertiary alicyclic amines) is 1. The first-order valence-corrected chi connectivity index (χ1v) is 9.19. The van der Waals surface area contributed by atoms with E-state index in [1.807, 2.05) is 22.4 Å². The Labute approximate surface area is 147 Å². The van der Waals surface area contributed by atoms with Gasteiger partial charge in [0.15, 0.2) is 0 Å². The normalized spacial score (nSPS) is 17.3. The van der Waals surface area contributed by atoms with Gasteiger partial charge >= 0.3 is 0 Å². The Morgan fingerprint density at radius 1 is 1.30 bits per heavy atom. The maximum absolute atomic E-state index is 12.5. The van der Waals surface area contributed by atoms with Gasteiger partial charge in [0, 0.05) is 21.5 Å². The summed E-state index contributed by atoms with van der Waals surface area (Å²) < 4.78 is 0.841. The standard InChI is InChI=1S/C17H17BrN2O2S/c18-13-5-1-4-12(10-13)17(22)19-11-16(21)20-8-2-6-14(20)15-7-3-9-23-15/h1,3-5,7,9-10,14H,2,6,8,11H2,(H,19,22)/t14-/m1/s1. The van der Waals surface area contributed by atoms with E-state index in [1.54, 1.807) is 29.5 Å². The number of halogens is 1.